The second-order valence-electron chi connectivity index (χ2n) is 2.88. The molecule has 0 aromatic heterocycles. The van der Waals surface area contributed by atoms with Gasteiger partial charge in [-0.1, -0.05) is 13.3 Å². The molecule has 2 nitrogen and oxygen atoms in total. The van der Waals surface area contributed by atoms with E-state index in [1.165, 1.54) is 0 Å². The van der Waals surface area contributed by atoms with Crippen LogP contribution in [-0.2, 0) is 4.79 Å². The Morgan fingerprint density at radius 3 is 2.10 bits per heavy atom. The summed E-state index contributed by atoms with van der Waals surface area (Å²) in [5, 5.41) is 0. The summed E-state index contributed by atoms with van der Waals surface area (Å²) in [4.78, 5) is 12.9. The molecule has 0 aromatic rings. The fourth-order valence-corrected chi connectivity index (χ4v) is 1.10. The van der Waals surface area contributed by atoms with Crippen LogP contribution in [0.3, 0.4) is 0 Å². The highest BCUT2D eigenvalue weighted by Gasteiger charge is 2.14. The van der Waals surface area contributed by atoms with Gasteiger partial charge in [0.15, 0.2) is 0 Å². The molecule has 0 aliphatic carbocycles. The lowest BCUT2D eigenvalue weighted by atomic mass is 10.1. The van der Waals surface area contributed by atoms with Crippen LogP contribution in [0.25, 0.3) is 0 Å². The Morgan fingerprint density at radius 1 is 1.50 bits per heavy atom. The van der Waals surface area contributed by atoms with Crippen molar-refractivity contribution in [2.45, 2.75) is 32.7 Å². The van der Waals surface area contributed by atoms with Crippen molar-refractivity contribution in [1.82, 2.24) is 4.90 Å². The second-order valence-corrected chi connectivity index (χ2v) is 2.88. The maximum absolute atomic E-state index is 10.9. The Morgan fingerprint density at radius 2 is 2.00 bits per heavy atom. The van der Waals surface area contributed by atoms with Crippen molar-refractivity contribution < 1.29 is 4.79 Å². The van der Waals surface area contributed by atoms with E-state index in [0.29, 0.717) is 0 Å². The first-order valence-electron chi connectivity index (χ1n) is 3.76. The largest absolute Gasteiger partial charge is 0.300 e. The topological polar surface area (TPSA) is 20.3 Å². The number of carbonyl (C=O) groups excluding carboxylic acids is 1. The molecule has 0 aliphatic heterocycles. The van der Waals surface area contributed by atoms with Gasteiger partial charge < -0.3 is 0 Å². The van der Waals surface area contributed by atoms with E-state index >= 15 is 0 Å². The molecule has 0 heterocycles. The smallest absolute Gasteiger partial charge is 0.146 e. The molecule has 0 radical (unpaired) electrons. The average Bonchev–Trinajstić information content (AvgIpc) is 1.81. The minimum Gasteiger partial charge on any atom is -0.300 e. The van der Waals surface area contributed by atoms with Crippen LogP contribution in [0.1, 0.15) is 26.7 Å². The lowest BCUT2D eigenvalue weighted by Gasteiger charge is -2.20. The number of Topliss-reactive ketones (excluding diaryl/α,β-unsaturated/α-hetero) is 1. The Balaban J connectivity index is 3.85. The van der Waals surface area contributed by atoms with E-state index < -0.39 is 0 Å². The summed E-state index contributed by atoms with van der Waals surface area (Å²) in [5.41, 5.74) is 0. The van der Waals surface area contributed by atoms with Crippen molar-refractivity contribution in [1.29, 1.82) is 0 Å². The van der Waals surface area contributed by atoms with Crippen LogP contribution < -0.4 is 0 Å². The van der Waals surface area contributed by atoms with Crippen molar-refractivity contribution in [3.8, 4) is 0 Å². The summed E-state index contributed by atoms with van der Waals surface area (Å²) in [5.74, 6) is 0.270. The molecular weight excluding hydrogens is 126 g/mol. The van der Waals surface area contributed by atoms with Crippen molar-refractivity contribution in [3.63, 3.8) is 0 Å². The zero-order valence-electron chi connectivity index (χ0n) is 7.35. The molecule has 60 valence electrons. The van der Waals surface area contributed by atoms with Gasteiger partial charge in [-0.25, -0.2) is 0 Å². The van der Waals surface area contributed by atoms with Crippen LogP contribution in [0.15, 0.2) is 0 Å². The zero-order chi connectivity index (χ0) is 8.15. The first-order chi connectivity index (χ1) is 4.59. The lowest BCUT2D eigenvalue weighted by molar-refractivity contribution is -0.121. The summed E-state index contributed by atoms with van der Waals surface area (Å²) < 4.78 is 0. The highest BCUT2D eigenvalue weighted by Crippen LogP contribution is 2.03. The second kappa shape index (κ2) is 4.45. The third-order valence-corrected chi connectivity index (χ3v) is 1.65. The van der Waals surface area contributed by atoms with E-state index in [2.05, 4.69) is 6.92 Å². The molecule has 0 spiro atoms. The van der Waals surface area contributed by atoms with Crippen LogP contribution >= 0.6 is 0 Å². The molecular formula is C8H17NO. The number of carbonyl (C=O) groups is 1. The van der Waals surface area contributed by atoms with Gasteiger partial charge in [-0.05, 0) is 27.4 Å². The zero-order valence-corrected chi connectivity index (χ0v) is 7.35. The maximum Gasteiger partial charge on any atom is 0.146 e. The number of rotatable bonds is 4. The maximum atomic E-state index is 10.9. The molecule has 1 atom stereocenters. The van der Waals surface area contributed by atoms with Gasteiger partial charge in [0.25, 0.3) is 0 Å². The van der Waals surface area contributed by atoms with Gasteiger partial charge in [-0.15, -0.1) is 0 Å². The van der Waals surface area contributed by atoms with Gasteiger partial charge >= 0.3 is 0 Å². The average molecular weight is 143 g/mol. The van der Waals surface area contributed by atoms with Crippen LogP contribution in [0.4, 0.5) is 0 Å². The Hall–Kier alpha value is -0.370. The van der Waals surface area contributed by atoms with Gasteiger partial charge in [0.1, 0.15) is 5.78 Å². The summed E-state index contributed by atoms with van der Waals surface area (Å²) in [6.45, 7) is 3.75. The van der Waals surface area contributed by atoms with E-state index in [9.17, 15) is 4.79 Å². The first kappa shape index (κ1) is 9.63. The van der Waals surface area contributed by atoms with Crippen LogP contribution in [0.5, 0.6) is 0 Å². The van der Waals surface area contributed by atoms with Crippen LogP contribution in [0.2, 0.25) is 0 Å². The molecule has 0 saturated heterocycles. The van der Waals surface area contributed by atoms with Crippen molar-refractivity contribution in [2.24, 2.45) is 0 Å². The standard InChI is InChI=1S/C8H17NO/c1-5-6-8(7(2)10)9(3)4/h8H,5-6H2,1-4H3/t8-/m1/s1. The summed E-state index contributed by atoms with van der Waals surface area (Å²) in [6, 6.07) is 0.130. The number of nitrogens with zero attached hydrogens (tertiary/aromatic N) is 1. The van der Waals surface area contributed by atoms with Gasteiger partial charge in [0.05, 0.1) is 6.04 Å². The van der Waals surface area contributed by atoms with Crippen molar-refractivity contribution in [3.05, 3.63) is 0 Å². The molecule has 0 fully saturated rings. The third-order valence-electron chi connectivity index (χ3n) is 1.65. The first-order valence-corrected chi connectivity index (χ1v) is 3.76. The minimum atomic E-state index is 0.130. The van der Waals surface area contributed by atoms with E-state index in [4.69, 9.17) is 0 Å². The fourth-order valence-electron chi connectivity index (χ4n) is 1.10. The molecule has 2 heteroatoms. The van der Waals surface area contributed by atoms with E-state index in [0.717, 1.165) is 12.8 Å². The summed E-state index contributed by atoms with van der Waals surface area (Å²) in [6.07, 6.45) is 2.05. The number of hydrogen-bond donors (Lipinski definition) is 0. The SMILES string of the molecule is CCC[C@H](C(C)=O)N(C)C. The molecule has 0 saturated carbocycles. The summed E-state index contributed by atoms with van der Waals surface area (Å²) >= 11 is 0. The number of hydrogen-bond acceptors (Lipinski definition) is 2. The molecule has 0 amide bonds. The predicted octanol–water partition coefficient (Wildman–Crippen LogP) is 1.31. The predicted molar refractivity (Wildman–Crippen MR) is 43.1 cm³/mol. The van der Waals surface area contributed by atoms with E-state index in [1.807, 2.05) is 19.0 Å². The highest BCUT2D eigenvalue weighted by atomic mass is 16.1. The monoisotopic (exact) mass is 143 g/mol. The van der Waals surface area contributed by atoms with Gasteiger partial charge in [0.2, 0.25) is 0 Å². The van der Waals surface area contributed by atoms with E-state index in [1.54, 1.807) is 6.92 Å². The van der Waals surface area contributed by atoms with Gasteiger partial charge in [-0.3, -0.25) is 9.69 Å². The van der Waals surface area contributed by atoms with Crippen molar-refractivity contribution >= 4 is 5.78 Å². The van der Waals surface area contributed by atoms with Gasteiger partial charge in [0, 0.05) is 0 Å². The summed E-state index contributed by atoms with van der Waals surface area (Å²) in [7, 11) is 3.89. The molecule has 0 unspecified atom stereocenters. The Labute approximate surface area is 63.2 Å². The van der Waals surface area contributed by atoms with Crippen LogP contribution in [0, 0.1) is 0 Å². The number of ketones is 1. The highest BCUT2D eigenvalue weighted by molar-refractivity contribution is 5.81. The molecule has 0 bridgehead atoms. The molecule has 0 N–H and O–H groups in total. The fraction of sp³-hybridized carbons (Fsp3) is 0.875. The Kier molecular flexibility index (Phi) is 4.28. The van der Waals surface area contributed by atoms with Gasteiger partial charge in [-0.2, -0.15) is 0 Å². The quantitative estimate of drug-likeness (QED) is 0.591. The Bertz CT molecular complexity index is 110. The van der Waals surface area contributed by atoms with Crippen molar-refractivity contribution in [2.75, 3.05) is 14.1 Å². The van der Waals surface area contributed by atoms with Crippen LogP contribution in [-0.4, -0.2) is 30.8 Å². The minimum absolute atomic E-state index is 0.130. The number of likely N-dealkylation sites (N-methyl/N-ethyl adjacent to an activating group) is 1. The van der Waals surface area contributed by atoms with E-state index in [-0.39, 0.29) is 11.8 Å². The normalized spacial score (nSPS) is 13.7. The molecule has 10 heavy (non-hydrogen) atoms. The molecule has 0 aliphatic rings. The third kappa shape index (κ3) is 2.97. The molecule has 0 aromatic carbocycles. The lowest BCUT2D eigenvalue weighted by Crippen LogP contribution is -2.33. The molecule has 0 rings (SSSR count).